The van der Waals surface area contributed by atoms with Gasteiger partial charge in [0.1, 0.15) is 5.60 Å². The molecule has 0 aliphatic carbocycles. The number of nitrogens with one attached hydrogen (secondary N) is 1. The Morgan fingerprint density at radius 2 is 1.88 bits per heavy atom. The molecule has 1 atom stereocenters. The SMILES string of the molecule is COc1nc(NCC2CCCN2C(=O)OC(C)(C)C)nc(OC)c1N. The maximum absolute atomic E-state index is 12.3. The molecule has 1 fully saturated rings. The number of likely N-dealkylation sites (tertiary alicyclic amines) is 1. The zero-order chi connectivity index (χ0) is 18.6. The van der Waals surface area contributed by atoms with Gasteiger partial charge < -0.3 is 30.2 Å². The van der Waals surface area contributed by atoms with Crippen molar-refractivity contribution in [3.8, 4) is 11.8 Å². The quantitative estimate of drug-likeness (QED) is 0.825. The number of hydrogen-bond acceptors (Lipinski definition) is 8. The topological polar surface area (TPSA) is 112 Å². The van der Waals surface area contributed by atoms with Crippen LogP contribution in [0, 0.1) is 0 Å². The molecule has 1 aromatic rings. The molecular formula is C16H27N5O4. The van der Waals surface area contributed by atoms with Crippen molar-refractivity contribution in [3.63, 3.8) is 0 Å². The van der Waals surface area contributed by atoms with Gasteiger partial charge in [-0.15, -0.1) is 0 Å². The molecule has 0 saturated carbocycles. The first-order valence-electron chi connectivity index (χ1n) is 8.24. The molecule has 3 N–H and O–H groups in total. The number of anilines is 2. The first-order chi connectivity index (χ1) is 11.7. The molecular weight excluding hydrogens is 326 g/mol. The van der Waals surface area contributed by atoms with E-state index < -0.39 is 5.60 Å². The minimum Gasteiger partial charge on any atom is -0.479 e. The largest absolute Gasteiger partial charge is 0.479 e. The van der Waals surface area contributed by atoms with E-state index in [0.717, 1.165) is 12.8 Å². The average Bonchev–Trinajstić information content (AvgIpc) is 3.01. The fraction of sp³-hybridized carbons (Fsp3) is 0.688. The molecule has 0 spiro atoms. The molecule has 1 aliphatic heterocycles. The normalized spacial score (nSPS) is 17.3. The number of hydrogen-bond donors (Lipinski definition) is 2. The van der Waals surface area contributed by atoms with E-state index in [2.05, 4.69) is 15.3 Å². The van der Waals surface area contributed by atoms with Crippen molar-refractivity contribution >= 4 is 17.7 Å². The van der Waals surface area contributed by atoms with Gasteiger partial charge in [-0.25, -0.2) is 4.79 Å². The van der Waals surface area contributed by atoms with Crippen LogP contribution in [0.2, 0.25) is 0 Å². The van der Waals surface area contributed by atoms with Crippen LogP contribution >= 0.6 is 0 Å². The first-order valence-corrected chi connectivity index (χ1v) is 8.24. The van der Waals surface area contributed by atoms with Crippen molar-refractivity contribution in [2.75, 3.05) is 38.4 Å². The third-order valence-electron chi connectivity index (χ3n) is 3.76. The van der Waals surface area contributed by atoms with Crippen molar-refractivity contribution in [2.45, 2.75) is 45.3 Å². The molecule has 1 saturated heterocycles. The molecule has 9 heteroatoms. The second-order valence-electron chi connectivity index (χ2n) is 6.83. The first kappa shape index (κ1) is 18.9. The van der Waals surface area contributed by atoms with Gasteiger partial charge in [-0.1, -0.05) is 0 Å². The van der Waals surface area contributed by atoms with Gasteiger partial charge in [-0.2, -0.15) is 9.97 Å². The smallest absolute Gasteiger partial charge is 0.410 e. The van der Waals surface area contributed by atoms with Crippen molar-refractivity contribution in [1.82, 2.24) is 14.9 Å². The molecule has 1 unspecified atom stereocenters. The molecule has 25 heavy (non-hydrogen) atoms. The van der Waals surface area contributed by atoms with E-state index in [1.54, 1.807) is 4.90 Å². The van der Waals surface area contributed by atoms with Gasteiger partial charge in [-0.05, 0) is 33.6 Å². The Kier molecular flexibility index (Phi) is 5.76. The van der Waals surface area contributed by atoms with Crippen LogP contribution in [0.5, 0.6) is 11.8 Å². The van der Waals surface area contributed by atoms with Gasteiger partial charge in [0.25, 0.3) is 0 Å². The summed E-state index contributed by atoms with van der Waals surface area (Å²) in [5.74, 6) is 0.813. The molecule has 2 rings (SSSR count). The lowest BCUT2D eigenvalue weighted by Crippen LogP contribution is -2.42. The molecule has 2 heterocycles. The molecule has 1 aliphatic rings. The number of carbonyl (C=O) groups is 1. The van der Waals surface area contributed by atoms with Crippen LogP contribution < -0.4 is 20.5 Å². The molecule has 0 radical (unpaired) electrons. The van der Waals surface area contributed by atoms with Crippen molar-refractivity contribution in [1.29, 1.82) is 0 Å². The number of nitrogens with two attached hydrogens (primary N) is 1. The minimum absolute atomic E-state index is 0.00740. The van der Waals surface area contributed by atoms with Gasteiger partial charge >= 0.3 is 6.09 Å². The number of amides is 1. The molecule has 0 bridgehead atoms. The Balaban J connectivity index is 2.04. The Morgan fingerprint density at radius 3 is 2.40 bits per heavy atom. The highest BCUT2D eigenvalue weighted by Crippen LogP contribution is 2.29. The molecule has 1 amide bonds. The van der Waals surface area contributed by atoms with Gasteiger partial charge in [0.05, 0.1) is 20.3 Å². The Bertz CT molecular complexity index is 592. The summed E-state index contributed by atoms with van der Waals surface area (Å²) in [4.78, 5) is 22.5. The van der Waals surface area contributed by atoms with Crippen LogP contribution in [0.25, 0.3) is 0 Å². The number of aromatic nitrogens is 2. The van der Waals surface area contributed by atoms with E-state index in [0.29, 0.717) is 19.0 Å². The lowest BCUT2D eigenvalue weighted by molar-refractivity contribution is 0.0235. The second-order valence-corrected chi connectivity index (χ2v) is 6.83. The molecule has 1 aromatic heterocycles. The second kappa shape index (κ2) is 7.62. The maximum atomic E-state index is 12.3. The molecule has 140 valence electrons. The van der Waals surface area contributed by atoms with E-state index in [9.17, 15) is 4.79 Å². The maximum Gasteiger partial charge on any atom is 0.410 e. The van der Waals surface area contributed by atoms with Crippen molar-refractivity contribution in [2.24, 2.45) is 0 Å². The summed E-state index contributed by atoms with van der Waals surface area (Å²) in [6, 6.07) is 0.00740. The predicted octanol–water partition coefficient (Wildman–Crippen LogP) is 1.89. The Morgan fingerprint density at radius 1 is 1.28 bits per heavy atom. The summed E-state index contributed by atoms with van der Waals surface area (Å²) in [5, 5.41) is 3.12. The highest BCUT2D eigenvalue weighted by atomic mass is 16.6. The summed E-state index contributed by atoms with van der Waals surface area (Å²) in [6.07, 6.45) is 1.52. The number of carbonyl (C=O) groups excluding carboxylic acids is 1. The summed E-state index contributed by atoms with van der Waals surface area (Å²) in [7, 11) is 2.95. The van der Waals surface area contributed by atoms with E-state index >= 15 is 0 Å². The number of methoxy groups -OCH3 is 2. The zero-order valence-electron chi connectivity index (χ0n) is 15.5. The van der Waals surface area contributed by atoms with Crippen LogP contribution in [0.15, 0.2) is 0 Å². The number of ether oxygens (including phenoxy) is 3. The number of nitrogen functional groups attached to an aromatic ring is 1. The van der Waals surface area contributed by atoms with Gasteiger partial charge in [0.2, 0.25) is 17.7 Å². The van der Waals surface area contributed by atoms with E-state index in [-0.39, 0.29) is 29.6 Å². The monoisotopic (exact) mass is 353 g/mol. The Labute approximate surface area is 147 Å². The van der Waals surface area contributed by atoms with Crippen LogP contribution in [0.3, 0.4) is 0 Å². The molecule has 0 aromatic carbocycles. The van der Waals surface area contributed by atoms with Crippen LogP contribution in [0.1, 0.15) is 33.6 Å². The third kappa shape index (κ3) is 4.77. The van der Waals surface area contributed by atoms with Gasteiger partial charge in [-0.3, -0.25) is 0 Å². The average molecular weight is 353 g/mol. The summed E-state index contributed by atoms with van der Waals surface area (Å²) in [5.41, 5.74) is 5.57. The number of nitrogens with zero attached hydrogens (tertiary/aromatic N) is 3. The fourth-order valence-electron chi connectivity index (χ4n) is 2.64. The summed E-state index contributed by atoms with van der Waals surface area (Å²) < 4.78 is 15.7. The Hall–Kier alpha value is -2.45. The number of rotatable bonds is 5. The highest BCUT2D eigenvalue weighted by Gasteiger charge is 2.32. The fourth-order valence-corrected chi connectivity index (χ4v) is 2.64. The summed E-state index contributed by atoms with van der Waals surface area (Å²) in [6.45, 7) is 6.74. The van der Waals surface area contributed by atoms with Crippen LogP contribution in [-0.2, 0) is 4.74 Å². The summed E-state index contributed by atoms with van der Waals surface area (Å²) >= 11 is 0. The predicted molar refractivity (Wildman–Crippen MR) is 94.0 cm³/mol. The minimum atomic E-state index is -0.515. The van der Waals surface area contributed by atoms with Gasteiger partial charge in [0.15, 0.2) is 5.69 Å². The van der Waals surface area contributed by atoms with Gasteiger partial charge in [0, 0.05) is 13.1 Å². The lowest BCUT2D eigenvalue weighted by atomic mass is 10.2. The van der Waals surface area contributed by atoms with Crippen LogP contribution in [-0.4, -0.2) is 59.9 Å². The third-order valence-corrected chi connectivity index (χ3v) is 3.76. The van der Waals surface area contributed by atoms with E-state index in [1.165, 1.54) is 14.2 Å². The standard InChI is InChI=1S/C16H27N5O4/c1-16(2,3)25-15(22)21-8-6-7-10(21)9-18-14-19-12(23-4)11(17)13(20-14)24-5/h10H,6-9,17H2,1-5H3,(H,18,19,20). The van der Waals surface area contributed by atoms with E-state index in [1.807, 2.05) is 20.8 Å². The zero-order valence-corrected chi connectivity index (χ0v) is 15.5. The van der Waals surface area contributed by atoms with Crippen molar-refractivity contribution < 1.29 is 19.0 Å². The van der Waals surface area contributed by atoms with Crippen molar-refractivity contribution in [3.05, 3.63) is 0 Å². The van der Waals surface area contributed by atoms with E-state index in [4.69, 9.17) is 19.9 Å². The highest BCUT2D eigenvalue weighted by molar-refractivity contribution is 5.69. The lowest BCUT2D eigenvalue weighted by Gasteiger charge is -2.28. The van der Waals surface area contributed by atoms with Crippen LogP contribution in [0.4, 0.5) is 16.4 Å². The molecule has 9 nitrogen and oxygen atoms in total.